The van der Waals surface area contributed by atoms with Gasteiger partial charge in [-0.15, -0.1) is 12.4 Å². The molecule has 0 unspecified atom stereocenters. The number of anilines is 1. The van der Waals surface area contributed by atoms with E-state index < -0.39 is 0 Å². The number of hydrogen-bond acceptors (Lipinski definition) is 4. The van der Waals surface area contributed by atoms with Gasteiger partial charge in [-0.05, 0) is 45.3 Å². The first-order valence-corrected chi connectivity index (χ1v) is 8.57. The van der Waals surface area contributed by atoms with Crippen LogP contribution in [0.2, 0.25) is 0 Å². The molecule has 1 heterocycles. The predicted molar refractivity (Wildman–Crippen MR) is 111 cm³/mol. The van der Waals surface area contributed by atoms with Crippen LogP contribution < -0.4 is 10.9 Å². The Bertz CT molecular complexity index is 985. The highest BCUT2D eigenvalue weighted by atomic mass is 35.5. The number of nitrogens with one attached hydrogen (secondary N) is 2. The van der Waals surface area contributed by atoms with Crippen LogP contribution in [0.1, 0.15) is 12.8 Å². The molecule has 0 spiro atoms. The number of aromatic nitrogens is 2. The lowest BCUT2D eigenvalue weighted by Crippen LogP contribution is -2.17. The Morgan fingerprint density at radius 3 is 2.59 bits per heavy atom. The average Bonchev–Trinajstić information content (AvgIpc) is 2.62. The summed E-state index contributed by atoms with van der Waals surface area (Å²) < 4.78 is 0. The normalized spacial score (nSPS) is 10.6. The molecule has 2 aromatic carbocycles. The minimum Gasteiger partial charge on any atom is -0.326 e. The monoisotopic (exact) mass is 386 g/mol. The van der Waals surface area contributed by atoms with Gasteiger partial charge in [-0.2, -0.15) is 5.10 Å². The summed E-state index contributed by atoms with van der Waals surface area (Å²) in [7, 11) is 3.98. The molecule has 3 aromatic rings. The van der Waals surface area contributed by atoms with Gasteiger partial charge in [0, 0.05) is 23.1 Å². The molecule has 0 aliphatic carbocycles. The van der Waals surface area contributed by atoms with E-state index in [9.17, 15) is 9.59 Å². The van der Waals surface area contributed by atoms with E-state index >= 15 is 0 Å². The van der Waals surface area contributed by atoms with Gasteiger partial charge in [-0.3, -0.25) is 9.59 Å². The van der Waals surface area contributed by atoms with Gasteiger partial charge in [0.25, 0.3) is 5.56 Å². The highest BCUT2D eigenvalue weighted by Gasteiger charge is 2.10. The van der Waals surface area contributed by atoms with Crippen molar-refractivity contribution in [3.8, 4) is 11.3 Å². The molecule has 0 aliphatic rings. The number of carbonyl (C=O) groups is 1. The maximum atomic E-state index is 12.1. The van der Waals surface area contributed by atoms with E-state index in [1.807, 2.05) is 56.6 Å². The molecule has 0 aliphatic heterocycles. The summed E-state index contributed by atoms with van der Waals surface area (Å²) in [6.45, 7) is 0.876. The summed E-state index contributed by atoms with van der Waals surface area (Å²) >= 11 is 0. The zero-order valence-electron chi connectivity index (χ0n) is 15.4. The molecule has 1 amide bonds. The molecule has 0 saturated carbocycles. The fraction of sp³-hybridized carbons (Fsp3) is 0.250. The van der Waals surface area contributed by atoms with E-state index in [0.717, 1.165) is 29.6 Å². The maximum Gasteiger partial charge on any atom is 0.272 e. The third kappa shape index (κ3) is 5.15. The Balaban J connectivity index is 0.00000261. The van der Waals surface area contributed by atoms with Crippen LogP contribution in [-0.2, 0) is 4.79 Å². The molecule has 0 radical (unpaired) electrons. The number of benzene rings is 2. The van der Waals surface area contributed by atoms with Gasteiger partial charge in [0.1, 0.15) is 0 Å². The first-order valence-electron chi connectivity index (χ1n) is 8.57. The Kier molecular flexibility index (Phi) is 7.10. The first kappa shape index (κ1) is 20.6. The molecule has 142 valence electrons. The van der Waals surface area contributed by atoms with Gasteiger partial charge in [0.2, 0.25) is 5.91 Å². The van der Waals surface area contributed by atoms with Crippen molar-refractivity contribution < 1.29 is 4.79 Å². The van der Waals surface area contributed by atoms with Crippen molar-refractivity contribution in [1.82, 2.24) is 15.1 Å². The van der Waals surface area contributed by atoms with Gasteiger partial charge in [0.15, 0.2) is 0 Å². The number of H-pyrrole nitrogens is 1. The summed E-state index contributed by atoms with van der Waals surface area (Å²) in [6.07, 6.45) is 1.28. The van der Waals surface area contributed by atoms with Crippen LogP contribution >= 0.6 is 12.4 Å². The molecule has 1 aromatic heterocycles. The summed E-state index contributed by atoms with van der Waals surface area (Å²) in [4.78, 5) is 26.1. The summed E-state index contributed by atoms with van der Waals surface area (Å²) in [5.74, 6) is -0.0108. The van der Waals surface area contributed by atoms with Crippen LogP contribution in [0.3, 0.4) is 0 Å². The molecule has 0 saturated heterocycles. The summed E-state index contributed by atoms with van der Waals surface area (Å²) in [5.41, 5.74) is 2.02. The van der Waals surface area contributed by atoms with Crippen molar-refractivity contribution in [1.29, 1.82) is 0 Å². The van der Waals surface area contributed by atoms with E-state index in [0.29, 0.717) is 17.5 Å². The predicted octanol–water partition coefficient (Wildman–Crippen LogP) is 3.29. The molecule has 6 nitrogen and oxygen atoms in total. The fourth-order valence-electron chi connectivity index (χ4n) is 2.86. The number of fused-ring (bicyclic) bond motifs is 1. The van der Waals surface area contributed by atoms with Crippen molar-refractivity contribution in [3.05, 3.63) is 58.9 Å². The fourth-order valence-corrected chi connectivity index (χ4v) is 2.86. The van der Waals surface area contributed by atoms with Gasteiger partial charge in [0.05, 0.1) is 11.1 Å². The molecule has 27 heavy (non-hydrogen) atoms. The van der Waals surface area contributed by atoms with E-state index in [4.69, 9.17) is 0 Å². The van der Waals surface area contributed by atoms with Crippen molar-refractivity contribution in [2.45, 2.75) is 12.8 Å². The Morgan fingerprint density at radius 1 is 1.11 bits per heavy atom. The quantitative estimate of drug-likeness (QED) is 0.681. The Hall–Kier alpha value is -2.70. The lowest BCUT2D eigenvalue weighted by Gasteiger charge is -2.10. The molecule has 0 fully saturated rings. The van der Waals surface area contributed by atoms with Crippen molar-refractivity contribution >= 4 is 34.8 Å². The lowest BCUT2D eigenvalue weighted by molar-refractivity contribution is -0.116. The van der Waals surface area contributed by atoms with Gasteiger partial charge in [-0.1, -0.05) is 30.3 Å². The smallest absolute Gasteiger partial charge is 0.272 e. The highest BCUT2D eigenvalue weighted by molar-refractivity contribution is 5.95. The van der Waals surface area contributed by atoms with Crippen LogP contribution in [0.5, 0.6) is 0 Å². The van der Waals surface area contributed by atoms with Gasteiger partial charge >= 0.3 is 0 Å². The third-order valence-electron chi connectivity index (χ3n) is 4.12. The number of amides is 1. The average molecular weight is 387 g/mol. The maximum absolute atomic E-state index is 12.1. The molecule has 7 heteroatoms. The minimum absolute atomic E-state index is 0. The standard InChI is InChI=1S/C20H22N4O2.ClH/c1-24(2)12-6-11-18(25)21-15-8-5-7-14(13-15)19-16-9-3-4-10-17(16)20(26)23-22-19;/h3-5,7-10,13H,6,11-12H2,1-2H3,(H,21,25)(H,23,26);1H. The van der Waals surface area contributed by atoms with E-state index in [1.165, 1.54) is 0 Å². The molecule has 3 rings (SSSR count). The first-order chi connectivity index (χ1) is 12.5. The zero-order chi connectivity index (χ0) is 18.5. The van der Waals surface area contributed by atoms with Gasteiger partial charge < -0.3 is 10.2 Å². The number of aromatic amines is 1. The van der Waals surface area contributed by atoms with E-state index in [1.54, 1.807) is 6.07 Å². The topological polar surface area (TPSA) is 78.1 Å². The number of nitrogens with zero attached hydrogens (tertiary/aromatic N) is 2. The number of rotatable bonds is 6. The van der Waals surface area contributed by atoms with Crippen molar-refractivity contribution in [2.24, 2.45) is 0 Å². The van der Waals surface area contributed by atoms with Crippen molar-refractivity contribution in [2.75, 3.05) is 26.0 Å². The molecule has 0 atom stereocenters. The molecule has 2 N–H and O–H groups in total. The Morgan fingerprint density at radius 2 is 1.85 bits per heavy atom. The Labute approximate surface area is 164 Å². The minimum atomic E-state index is -0.213. The van der Waals surface area contributed by atoms with Crippen LogP contribution in [0.25, 0.3) is 22.0 Å². The largest absolute Gasteiger partial charge is 0.326 e. The van der Waals surface area contributed by atoms with Gasteiger partial charge in [-0.25, -0.2) is 5.10 Å². The number of halogens is 1. The van der Waals surface area contributed by atoms with Crippen LogP contribution in [-0.4, -0.2) is 41.6 Å². The second-order valence-electron chi connectivity index (χ2n) is 6.48. The summed E-state index contributed by atoms with van der Waals surface area (Å²) in [5, 5.41) is 11.1. The second kappa shape index (κ2) is 9.30. The molecule has 0 bridgehead atoms. The van der Waals surface area contributed by atoms with Crippen LogP contribution in [0.4, 0.5) is 5.69 Å². The number of carbonyl (C=O) groups excluding carboxylic acids is 1. The summed E-state index contributed by atoms with van der Waals surface area (Å²) in [6, 6.07) is 14.9. The van der Waals surface area contributed by atoms with Crippen LogP contribution in [0.15, 0.2) is 53.3 Å². The molecular formula is C20H23ClN4O2. The highest BCUT2D eigenvalue weighted by Crippen LogP contribution is 2.26. The van der Waals surface area contributed by atoms with Crippen LogP contribution in [0, 0.1) is 0 Å². The zero-order valence-corrected chi connectivity index (χ0v) is 16.2. The number of hydrogen-bond donors (Lipinski definition) is 2. The molecular weight excluding hydrogens is 364 g/mol. The van der Waals surface area contributed by atoms with Crippen molar-refractivity contribution in [3.63, 3.8) is 0 Å². The third-order valence-corrected chi connectivity index (χ3v) is 4.12. The van der Waals surface area contributed by atoms with E-state index in [2.05, 4.69) is 20.4 Å². The van der Waals surface area contributed by atoms with E-state index in [-0.39, 0.29) is 23.9 Å². The SMILES string of the molecule is CN(C)CCCC(=O)Nc1cccc(-c2n[nH]c(=O)c3ccccc23)c1.Cl. The second-order valence-corrected chi connectivity index (χ2v) is 6.48. The lowest BCUT2D eigenvalue weighted by atomic mass is 10.0.